The Morgan fingerprint density at radius 1 is 0.435 bits per heavy atom. The number of esters is 4. The fourth-order valence-electron chi connectivity index (χ4n) is 2.84. The molecule has 46 heavy (non-hydrogen) atoms. The molecule has 0 radical (unpaired) electrons. The maximum Gasteiger partial charge on any atom is 0.346 e. The van der Waals surface area contributed by atoms with Gasteiger partial charge in [-0.15, -0.1) is 0 Å². The van der Waals surface area contributed by atoms with E-state index in [9.17, 15) is 27.6 Å². The lowest BCUT2D eigenvalue weighted by atomic mass is 10.1. The van der Waals surface area contributed by atoms with Gasteiger partial charge in [-0.05, 0) is 38.4 Å². The molecule has 0 fully saturated rings. The molecule has 4 aromatic rings. The van der Waals surface area contributed by atoms with Crippen LogP contribution in [0.5, 0.6) is 0 Å². The van der Waals surface area contributed by atoms with E-state index in [-0.39, 0.29) is 0 Å². The molecule has 0 spiro atoms. The van der Waals surface area contributed by atoms with Crippen molar-refractivity contribution >= 4 is 33.7 Å². The van der Waals surface area contributed by atoms with Crippen molar-refractivity contribution < 1.29 is 37.1 Å². The molecule has 0 unspecified atom stereocenters. The van der Waals surface area contributed by atoms with Gasteiger partial charge in [0.15, 0.2) is 0 Å². The molecule has 0 atom stereocenters. The van der Waals surface area contributed by atoms with E-state index in [4.69, 9.17) is 0 Å². The fraction of sp³-hybridized carbons (Fsp3) is 0.200. The Balaban J connectivity index is 0. The highest BCUT2D eigenvalue weighted by Crippen LogP contribution is 2.19. The zero-order valence-electron chi connectivity index (χ0n) is 27.1. The van der Waals surface area contributed by atoms with Gasteiger partial charge in [0.05, 0.1) is 22.3 Å². The Labute approximate surface area is 272 Å². The standard InChI is InChI=1S/2C8H4O3.2C6H6.C3H8.C2H6O2S.2CH5N/c2*9-7-5-3-1-2-4-6(5)8(10)11-7;2*1-2-4-6-5-3-1;1-3-2;1-5(2,3)4;2*1-2/h2*1-4H;2*1-6H;3H2,1-2H3;1-2H3;2*2H2,1H3. The molecule has 6 rings (SSSR count). The zero-order valence-corrected chi connectivity index (χ0v) is 27.9. The smallest absolute Gasteiger partial charge is 0.346 e. The molecular weight excluding hydrogens is 608 g/mol. The SMILES string of the molecule is CCC.CN.CN.CS(C)(=O)=O.O=C1OC(=O)c2ccccc21.O=C1OC(=O)c2ccccc21.c1ccccc1.c1ccccc1. The first-order valence-electron chi connectivity index (χ1n) is 14.0. The number of benzene rings is 4. The highest BCUT2D eigenvalue weighted by Gasteiger charge is 2.29. The average molecular weight is 653 g/mol. The summed E-state index contributed by atoms with van der Waals surface area (Å²) >= 11 is 0. The van der Waals surface area contributed by atoms with Crippen molar-refractivity contribution in [1.82, 2.24) is 0 Å². The lowest BCUT2D eigenvalue weighted by molar-refractivity contribution is 0.0425. The summed E-state index contributed by atoms with van der Waals surface area (Å²) < 4.78 is 28.0. The number of hydrogen-bond acceptors (Lipinski definition) is 10. The second-order valence-electron chi connectivity index (χ2n) is 8.60. The van der Waals surface area contributed by atoms with Gasteiger partial charge in [-0.1, -0.05) is 117 Å². The van der Waals surface area contributed by atoms with E-state index in [0.29, 0.717) is 22.3 Å². The summed E-state index contributed by atoms with van der Waals surface area (Å²) in [7, 11) is 0.333. The summed E-state index contributed by atoms with van der Waals surface area (Å²) in [6, 6.07) is 37.1. The molecular formula is C35H44N2O8S. The minimum atomic E-state index is -2.67. The van der Waals surface area contributed by atoms with Crippen molar-refractivity contribution in [3.8, 4) is 0 Å². The van der Waals surface area contributed by atoms with E-state index in [0.717, 1.165) is 12.5 Å². The third kappa shape index (κ3) is 20.1. The van der Waals surface area contributed by atoms with Crippen LogP contribution in [0.15, 0.2) is 121 Å². The molecule has 4 N–H and O–H groups in total. The van der Waals surface area contributed by atoms with Gasteiger partial charge in [-0.25, -0.2) is 27.6 Å². The van der Waals surface area contributed by atoms with Gasteiger partial charge in [0, 0.05) is 12.5 Å². The molecule has 2 heterocycles. The first kappa shape index (κ1) is 43.2. The van der Waals surface area contributed by atoms with Crippen molar-refractivity contribution in [2.45, 2.75) is 20.3 Å². The van der Waals surface area contributed by atoms with Crippen molar-refractivity contribution in [3.05, 3.63) is 144 Å². The number of ether oxygens (including phenoxy) is 2. The molecule has 0 saturated carbocycles. The van der Waals surface area contributed by atoms with Crippen LogP contribution in [0.2, 0.25) is 0 Å². The lowest BCUT2D eigenvalue weighted by Crippen LogP contribution is -1.96. The van der Waals surface area contributed by atoms with Gasteiger partial charge in [-0.2, -0.15) is 0 Å². The van der Waals surface area contributed by atoms with Gasteiger partial charge in [-0.3, -0.25) is 0 Å². The number of carbonyl (C=O) groups is 4. The summed E-state index contributed by atoms with van der Waals surface area (Å²) in [6.07, 6.45) is 3.57. The summed E-state index contributed by atoms with van der Waals surface area (Å²) in [6.45, 7) is 4.25. The molecule has 2 aliphatic rings. The number of nitrogens with two attached hydrogens (primary N) is 2. The first-order valence-corrected chi connectivity index (χ1v) is 16.3. The maximum atomic E-state index is 10.8. The van der Waals surface area contributed by atoms with Crippen LogP contribution >= 0.6 is 0 Å². The van der Waals surface area contributed by atoms with Gasteiger partial charge in [0.1, 0.15) is 9.84 Å². The molecule has 2 aliphatic heterocycles. The summed E-state index contributed by atoms with van der Waals surface area (Å²) in [4.78, 5) is 43.3. The second-order valence-corrected chi connectivity index (χ2v) is 10.9. The predicted octanol–water partition coefficient (Wildman–Crippen LogP) is 5.59. The summed E-state index contributed by atoms with van der Waals surface area (Å²) in [5.74, 6) is -2.20. The maximum absolute atomic E-state index is 10.8. The van der Waals surface area contributed by atoms with Gasteiger partial charge < -0.3 is 20.9 Å². The van der Waals surface area contributed by atoms with E-state index in [1.165, 1.54) is 20.5 Å². The topological polar surface area (TPSA) is 173 Å². The highest BCUT2D eigenvalue weighted by atomic mass is 32.2. The number of cyclic esters (lactones) is 4. The minimum absolute atomic E-state index is 0.359. The van der Waals surface area contributed by atoms with Crippen LogP contribution in [0.3, 0.4) is 0 Å². The third-order valence-corrected chi connectivity index (χ3v) is 4.44. The number of sulfone groups is 1. The lowest BCUT2D eigenvalue weighted by Gasteiger charge is -1.86. The Hall–Kier alpha value is -4.97. The normalized spacial score (nSPS) is 11.0. The van der Waals surface area contributed by atoms with Crippen LogP contribution in [-0.2, 0) is 19.3 Å². The Morgan fingerprint density at radius 3 is 0.696 bits per heavy atom. The van der Waals surface area contributed by atoms with Crippen LogP contribution < -0.4 is 11.5 Å². The molecule has 0 bridgehead atoms. The molecule has 10 nitrogen and oxygen atoms in total. The minimum Gasteiger partial charge on any atom is -0.386 e. The van der Waals surface area contributed by atoms with Crippen molar-refractivity contribution in [2.24, 2.45) is 11.5 Å². The molecule has 248 valence electrons. The van der Waals surface area contributed by atoms with E-state index in [1.54, 1.807) is 48.5 Å². The van der Waals surface area contributed by atoms with Crippen LogP contribution in [-0.4, -0.2) is 58.9 Å². The van der Waals surface area contributed by atoms with E-state index < -0.39 is 33.7 Å². The van der Waals surface area contributed by atoms with E-state index >= 15 is 0 Å². The Kier molecular flexibility index (Phi) is 24.8. The number of carbonyl (C=O) groups excluding carboxylic acids is 4. The molecule has 0 amide bonds. The van der Waals surface area contributed by atoms with Crippen molar-refractivity contribution in [2.75, 3.05) is 26.6 Å². The van der Waals surface area contributed by atoms with Crippen molar-refractivity contribution in [3.63, 3.8) is 0 Å². The Bertz CT molecular complexity index is 1300. The Morgan fingerprint density at radius 2 is 0.565 bits per heavy atom. The third-order valence-electron chi connectivity index (χ3n) is 4.44. The monoisotopic (exact) mass is 652 g/mol. The molecule has 0 aliphatic carbocycles. The van der Waals surface area contributed by atoms with Crippen LogP contribution in [0.4, 0.5) is 0 Å². The summed E-state index contributed by atoms with van der Waals surface area (Å²) in [5, 5.41) is 0. The molecule has 11 heteroatoms. The number of hydrogen-bond donors (Lipinski definition) is 2. The van der Waals surface area contributed by atoms with E-state index in [1.807, 2.05) is 72.8 Å². The van der Waals surface area contributed by atoms with Crippen LogP contribution in [0.1, 0.15) is 61.7 Å². The van der Waals surface area contributed by atoms with Crippen LogP contribution in [0.25, 0.3) is 0 Å². The average Bonchev–Trinajstić information content (AvgIpc) is 3.54. The van der Waals surface area contributed by atoms with Gasteiger partial charge >= 0.3 is 23.9 Å². The molecule has 0 aromatic heterocycles. The molecule has 4 aromatic carbocycles. The predicted molar refractivity (Wildman–Crippen MR) is 182 cm³/mol. The summed E-state index contributed by atoms with van der Waals surface area (Å²) in [5.41, 5.74) is 10.4. The van der Waals surface area contributed by atoms with Gasteiger partial charge in [0.25, 0.3) is 0 Å². The van der Waals surface area contributed by atoms with E-state index in [2.05, 4.69) is 34.8 Å². The zero-order chi connectivity index (χ0) is 35.4. The van der Waals surface area contributed by atoms with Crippen LogP contribution in [0, 0.1) is 0 Å². The largest absolute Gasteiger partial charge is 0.386 e. The number of fused-ring (bicyclic) bond motifs is 2. The highest BCUT2D eigenvalue weighted by molar-refractivity contribution is 7.89. The fourth-order valence-corrected chi connectivity index (χ4v) is 2.84. The number of rotatable bonds is 0. The van der Waals surface area contributed by atoms with Gasteiger partial charge in [0.2, 0.25) is 0 Å². The second kappa shape index (κ2) is 26.4. The quantitative estimate of drug-likeness (QED) is 0.180. The van der Waals surface area contributed by atoms with Crippen molar-refractivity contribution in [1.29, 1.82) is 0 Å². The molecule has 0 saturated heterocycles. The first-order chi connectivity index (χ1) is 22.0.